The molecule has 20 heavy (non-hydrogen) atoms. The van der Waals surface area contributed by atoms with Crippen molar-refractivity contribution in [3.63, 3.8) is 0 Å². The topological polar surface area (TPSA) is 66.5 Å². The Balaban J connectivity index is 0.00000200. The second-order valence-corrected chi connectivity index (χ2v) is 5.49. The third-order valence-electron chi connectivity index (χ3n) is 4.09. The van der Waals surface area contributed by atoms with Crippen molar-refractivity contribution in [2.45, 2.75) is 64.3 Å². The van der Waals surface area contributed by atoms with Crippen LogP contribution in [0.5, 0.6) is 0 Å². The Bertz CT molecular complexity index is 381. The Kier molecular flexibility index (Phi) is 7.20. The van der Waals surface area contributed by atoms with E-state index in [4.69, 9.17) is 0 Å². The molecular formula is C14H22N2NaO3. The number of hydrogen-bond donors (Lipinski definition) is 1. The van der Waals surface area contributed by atoms with Crippen LogP contribution < -0.4 is 5.32 Å². The maximum Gasteiger partial charge on any atom is 0.331 e. The fraction of sp³-hybridized carbons (Fsp3) is 0.786. The van der Waals surface area contributed by atoms with Gasteiger partial charge in [0.15, 0.2) is 0 Å². The average Bonchev–Trinajstić information content (AvgIpc) is 2.39. The fourth-order valence-electron chi connectivity index (χ4n) is 2.98. The molecule has 1 radical (unpaired) electrons. The van der Waals surface area contributed by atoms with Gasteiger partial charge in [0.05, 0.1) is 0 Å². The van der Waals surface area contributed by atoms with Crippen LogP contribution in [-0.4, -0.2) is 58.3 Å². The van der Waals surface area contributed by atoms with Gasteiger partial charge in [0.25, 0.3) is 0 Å². The van der Waals surface area contributed by atoms with Gasteiger partial charge in [-0.1, -0.05) is 39.0 Å². The maximum atomic E-state index is 12.4. The van der Waals surface area contributed by atoms with Crippen LogP contribution in [0, 0.1) is 5.92 Å². The molecule has 1 heterocycles. The largest absolute Gasteiger partial charge is 0.331 e. The number of nitrogens with zero attached hydrogens (tertiary/aromatic N) is 1. The number of rotatable bonds is 4. The smallest absolute Gasteiger partial charge is 0.277 e. The van der Waals surface area contributed by atoms with Crippen LogP contribution in [0.25, 0.3) is 0 Å². The zero-order valence-electron chi connectivity index (χ0n) is 12.5. The monoisotopic (exact) mass is 289 g/mol. The molecule has 1 aliphatic heterocycles. The van der Waals surface area contributed by atoms with E-state index < -0.39 is 17.9 Å². The molecule has 107 valence electrons. The molecule has 2 aliphatic rings. The summed E-state index contributed by atoms with van der Waals surface area (Å²) in [5.74, 6) is -1.37. The van der Waals surface area contributed by atoms with Crippen molar-refractivity contribution in [3.05, 3.63) is 0 Å². The summed E-state index contributed by atoms with van der Waals surface area (Å²) in [5.41, 5.74) is 0. The first-order chi connectivity index (χ1) is 9.15. The van der Waals surface area contributed by atoms with Crippen LogP contribution in [0.3, 0.4) is 0 Å². The molecule has 1 N–H and O–H groups in total. The summed E-state index contributed by atoms with van der Waals surface area (Å²) in [4.78, 5) is 37.4. The summed E-state index contributed by atoms with van der Waals surface area (Å²) < 4.78 is 0. The van der Waals surface area contributed by atoms with E-state index in [1.165, 1.54) is 11.3 Å². The van der Waals surface area contributed by atoms with Gasteiger partial charge in [-0.3, -0.25) is 19.8 Å². The van der Waals surface area contributed by atoms with Gasteiger partial charge in [0, 0.05) is 35.6 Å². The Morgan fingerprint density at radius 2 is 1.80 bits per heavy atom. The van der Waals surface area contributed by atoms with Gasteiger partial charge >= 0.3 is 6.03 Å². The van der Waals surface area contributed by atoms with E-state index in [2.05, 4.69) is 5.32 Å². The second kappa shape index (κ2) is 8.15. The zero-order chi connectivity index (χ0) is 13.8. The predicted octanol–water partition coefficient (Wildman–Crippen LogP) is 1.82. The Morgan fingerprint density at radius 3 is 2.40 bits per heavy atom. The van der Waals surface area contributed by atoms with Gasteiger partial charge in [-0.15, -0.1) is 0 Å². The molecule has 1 aliphatic carbocycles. The number of carbonyl (C=O) groups is 3. The van der Waals surface area contributed by atoms with Gasteiger partial charge in [-0.2, -0.15) is 0 Å². The SMILES string of the molecule is CCCCC1C(=O)NC(=O)N(C2CCCCC2)C1=O.[Na]. The van der Waals surface area contributed by atoms with E-state index in [-0.39, 0.29) is 41.5 Å². The van der Waals surface area contributed by atoms with Gasteiger partial charge in [-0.25, -0.2) is 4.79 Å². The third-order valence-corrected chi connectivity index (χ3v) is 4.09. The van der Waals surface area contributed by atoms with E-state index in [9.17, 15) is 14.4 Å². The van der Waals surface area contributed by atoms with Gasteiger partial charge in [0.1, 0.15) is 5.92 Å². The standard InChI is InChI=1S/C14H22N2O3.Na/c1-2-3-9-11-12(17)15-14(19)16(13(11)18)10-7-5-4-6-8-10;/h10-11H,2-9H2,1H3,(H,15,17,19);. The van der Waals surface area contributed by atoms with Crippen molar-refractivity contribution >= 4 is 47.4 Å². The summed E-state index contributed by atoms with van der Waals surface area (Å²) in [6, 6.07) is -0.534. The number of hydrogen-bond acceptors (Lipinski definition) is 3. The van der Waals surface area contributed by atoms with Crippen LogP contribution in [0.4, 0.5) is 4.79 Å². The van der Waals surface area contributed by atoms with Gasteiger partial charge in [-0.05, 0) is 19.3 Å². The van der Waals surface area contributed by atoms with Gasteiger partial charge in [0.2, 0.25) is 11.8 Å². The molecular weight excluding hydrogens is 267 g/mol. The molecule has 2 rings (SSSR count). The van der Waals surface area contributed by atoms with Crippen molar-refractivity contribution in [3.8, 4) is 0 Å². The number of nitrogens with one attached hydrogen (secondary N) is 1. The predicted molar refractivity (Wildman–Crippen MR) is 76.0 cm³/mol. The van der Waals surface area contributed by atoms with Crippen molar-refractivity contribution in [2.24, 2.45) is 5.92 Å². The number of amides is 4. The molecule has 4 amide bonds. The number of carbonyl (C=O) groups excluding carboxylic acids is 3. The van der Waals surface area contributed by atoms with Crippen molar-refractivity contribution in [2.75, 3.05) is 0 Å². The zero-order valence-corrected chi connectivity index (χ0v) is 14.5. The van der Waals surface area contributed by atoms with Crippen LogP contribution in [0.15, 0.2) is 0 Å². The number of imide groups is 2. The van der Waals surface area contributed by atoms with E-state index in [0.29, 0.717) is 6.42 Å². The minimum atomic E-state index is -0.667. The molecule has 0 aromatic carbocycles. The Hall–Kier alpha value is -0.390. The number of unbranched alkanes of at least 4 members (excludes halogenated alkanes) is 1. The Morgan fingerprint density at radius 1 is 1.15 bits per heavy atom. The molecule has 2 fully saturated rings. The molecule has 1 atom stereocenters. The van der Waals surface area contributed by atoms with Crippen molar-refractivity contribution in [1.82, 2.24) is 10.2 Å². The number of urea groups is 1. The minimum absolute atomic E-state index is 0. The molecule has 0 aromatic rings. The normalized spacial score (nSPS) is 24.4. The summed E-state index contributed by atoms with van der Waals surface area (Å²) in [6.45, 7) is 2.02. The molecule has 5 nitrogen and oxygen atoms in total. The van der Waals surface area contributed by atoms with E-state index in [1.807, 2.05) is 6.92 Å². The average molecular weight is 289 g/mol. The van der Waals surface area contributed by atoms with Crippen LogP contribution in [0.1, 0.15) is 58.3 Å². The van der Waals surface area contributed by atoms with Crippen molar-refractivity contribution < 1.29 is 14.4 Å². The molecule has 6 heteroatoms. The van der Waals surface area contributed by atoms with Gasteiger partial charge < -0.3 is 0 Å². The van der Waals surface area contributed by atoms with Crippen LogP contribution >= 0.6 is 0 Å². The molecule has 1 saturated carbocycles. The molecule has 0 spiro atoms. The van der Waals surface area contributed by atoms with Crippen molar-refractivity contribution in [1.29, 1.82) is 0 Å². The summed E-state index contributed by atoms with van der Waals surface area (Å²) in [6.07, 6.45) is 7.31. The first-order valence-corrected chi connectivity index (χ1v) is 7.33. The Labute approximate surface area is 142 Å². The maximum absolute atomic E-state index is 12.4. The van der Waals surface area contributed by atoms with Crippen LogP contribution in [-0.2, 0) is 9.59 Å². The quantitative estimate of drug-likeness (QED) is 0.634. The summed E-state index contributed by atoms with van der Waals surface area (Å²) >= 11 is 0. The second-order valence-electron chi connectivity index (χ2n) is 5.49. The van der Waals surface area contributed by atoms with Crippen LogP contribution in [0.2, 0.25) is 0 Å². The number of barbiturate groups is 1. The van der Waals surface area contributed by atoms with E-state index in [1.54, 1.807) is 0 Å². The van der Waals surface area contributed by atoms with E-state index in [0.717, 1.165) is 38.5 Å². The molecule has 1 unspecified atom stereocenters. The third kappa shape index (κ3) is 3.83. The fourth-order valence-corrected chi connectivity index (χ4v) is 2.98. The summed E-state index contributed by atoms with van der Waals surface area (Å²) in [7, 11) is 0. The summed E-state index contributed by atoms with van der Waals surface area (Å²) in [5, 5.41) is 2.34. The first kappa shape index (κ1) is 17.7. The molecule has 0 bridgehead atoms. The minimum Gasteiger partial charge on any atom is -0.277 e. The molecule has 0 aromatic heterocycles. The van der Waals surface area contributed by atoms with E-state index >= 15 is 0 Å². The first-order valence-electron chi connectivity index (χ1n) is 7.33. The molecule has 1 saturated heterocycles.